The van der Waals surface area contributed by atoms with Crippen molar-refractivity contribution < 1.29 is 22.7 Å². The number of ketones is 1. The second-order valence-electron chi connectivity index (χ2n) is 8.23. The van der Waals surface area contributed by atoms with Crippen molar-refractivity contribution in [1.29, 1.82) is 0 Å². The van der Waals surface area contributed by atoms with Gasteiger partial charge in [-0.3, -0.25) is 4.79 Å². The molecule has 8 nitrogen and oxygen atoms in total. The second-order valence-corrected chi connectivity index (χ2v) is 11.0. The number of aromatic nitrogens is 1. The molecule has 0 radical (unpaired) electrons. The van der Waals surface area contributed by atoms with Crippen molar-refractivity contribution in [3.63, 3.8) is 0 Å². The quantitative estimate of drug-likeness (QED) is 0.413. The molecular weight excluding hydrogens is 486 g/mol. The van der Waals surface area contributed by atoms with Crippen LogP contribution in [0.1, 0.15) is 36.0 Å². The van der Waals surface area contributed by atoms with Crippen LogP contribution in [-0.4, -0.2) is 57.3 Å². The first-order valence-corrected chi connectivity index (χ1v) is 13.8. The molecule has 4 rings (SSSR count). The lowest BCUT2D eigenvalue weighted by atomic mass is 10.1. The highest BCUT2D eigenvalue weighted by molar-refractivity contribution is 7.89. The summed E-state index contributed by atoms with van der Waals surface area (Å²) < 4.78 is 38.0. The normalized spacial score (nSPS) is 14.8. The van der Waals surface area contributed by atoms with Gasteiger partial charge in [-0.1, -0.05) is 25.0 Å². The van der Waals surface area contributed by atoms with Gasteiger partial charge in [0.25, 0.3) is 0 Å². The summed E-state index contributed by atoms with van der Waals surface area (Å²) in [5.74, 6) is 0.953. The molecule has 3 aromatic rings. The lowest BCUT2D eigenvalue weighted by Gasteiger charge is -2.19. The van der Waals surface area contributed by atoms with E-state index >= 15 is 0 Å². The Morgan fingerprint density at radius 2 is 1.69 bits per heavy atom. The van der Waals surface area contributed by atoms with Gasteiger partial charge in [-0.2, -0.15) is 4.31 Å². The Bertz CT molecular complexity index is 1260. The smallest absolute Gasteiger partial charge is 0.243 e. The van der Waals surface area contributed by atoms with Crippen LogP contribution in [0.25, 0.3) is 11.3 Å². The van der Waals surface area contributed by atoms with Crippen molar-refractivity contribution in [2.24, 2.45) is 0 Å². The molecule has 186 valence electrons. The molecule has 1 aliphatic heterocycles. The van der Waals surface area contributed by atoms with E-state index in [4.69, 9.17) is 9.47 Å². The largest absolute Gasteiger partial charge is 0.493 e. The van der Waals surface area contributed by atoms with E-state index in [1.54, 1.807) is 53.9 Å². The number of rotatable bonds is 9. The number of carbonyl (C=O) groups is 1. The van der Waals surface area contributed by atoms with E-state index in [2.05, 4.69) is 10.3 Å². The number of ether oxygens (including phenoxy) is 2. The van der Waals surface area contributed by atoms with E-state index in [1.807, 2.05) is 5.38 Å². The number of thiazole rings is 1. The zero-order valence-corrected chi connectivity index (χ0v) is 21.5. The maximum absolute atomic E-state index is 13.0. The molecule has 0 bridgehead atoms. The monoisotopic (exact) mass is 515 g/mol. The van der Waals surface area contributed by atoms with E-state index in [9.17, 15) is 13.2 Å². The van der Waals surface area contributed by atoms with Crippen LogP contribution >= 0.6 is 11.3 Å². The van der Waals surface area contributed by atoms with E-state index in [-0.39, 0.29) is 12.3 Å². The molecule has 1 aromatic heterocycles. The highest BCUT2D eigenvalue weighted by Gasteiger charge is 2.25. The van der Waals surface area contributed by atoms with Crippen LogP contribution < -0.4 is 14.8 Å². The van der Waals surface area contributed by atoms with Gasteiger partial charge in [-0.05, 0) is 43.2 Å². The number of hydrogen-bond acceptors (Lipinski definition) is 8. The van der Waals surface area contributed by atoms with Gasteiger partial charge in [0.15, 0.2) is 22.4 Å². The van der Waals surface area contributed by atoms with E-state index in [0.29, 0.717) is 40.2 Å². The minimum absolute atomic E-state index is 0.0788. The highest BCUT2D eigenvalue weighted by Crippen LogP contribution is 2.29. The third kappa shape index (κ3) is 5.83. The maximum Gasteiger partial charge on any atom is 0.243 e. The molecule has 2 heterocycles. The number of benzene rings is 2. The fourth-order valence-electron chi connectivity index (χ4n) is 3.98. The average Bonchev–Trinajstić information content (AvgIpc) is 3.18. The van der Waals surface area contributed by atoms with Crippen molar-refractivity contribution in [3.05, 3.63) is 53.4 Å². The molecule has 35 heavy (non-hydrogen) atoms. The third-order valence-electron chi connectivity index (χ3n) is 5.96. The predicted molar refractivity (Wildman–Crippen MR) is 137 cm³/mol. The zero-order chi connectivity index (χ0) is 24.8. The van der Waals surface area contributed by atoms with E-state index in [0.717, 1.165) is 36.9 Å². The van der Waals surface area contributed by atoms with Crippen LogP contribution in [0.5, 0.6) is 11.5 Å². The number of sulfonamides is 1. The number of hydrogen-bond donors (Lipinski definition) is 1. The van der Waals surface area contributed by atoms with Crippen molar-refractivity contribution >= 4 is 32.3 Å². The fraction of sp³-hybridized carbons (Fsp3) is 0.360. The van der Waals surface area contributed by atoms with Crippen molar-refractivity contribution in [3.8, 4) is 22.8 Å². The van der Waals surface area contributed by atoms with Gasteiger partial charge in [0.2, 0.25) is 10.0 Å². The van der Waals surface area contributed by atoms with Crippen molar-refractivity contribution in [1.82, 2.24) is 9.29 Å². The molecule has 10 heteroatoms. The number of carbonyl (C=O) groups excluding carboxylic acids is 1. The summed E-state index contributed by atoms with van der Waals surface area (Å²) in [6.45, 7) is 1.23. The van der Waals surface area contributed by atoms with Crippen LogP contribution in [-0.2, 0) is 10.0 Å². The molecule has 0 unspecified atom stereocenters. The lowest BCUT2D eigenvalue weighted by Crippen LogP contribution is -2.31. The van der Waals surface area contributed by atoms with Crippen LogP contribution in [0.4, 0.5) is 5.13 Å². The molecule has 1 fully saturated rings. The number of Topliss-reactive ketones (excluding diaryl/α,β-unsaturated/α-hetero) is 1. The Balaban J connectivity index is 1.40. The molecular formula is C25H29N3O5S2. The Kier molecular flexibility index (Phi) is 8.04. The first-order chi connectivity index (χ1) is 16.9. The van der Waals surface area contributed by atoms with Gasteiger partial charge < -0.3 is 14.8 Å². The fourth-order valence-corrected chi connectivity index (χ4v) is 6.22. The Hall–Kier alpha value is -2.95. The van der Waals surface area contributed by atoms with Gasteiger partial charge >= 0.3 is 0 Å². The summed E-state index contributed by atoms with van der Waals surface area (Å²) in [5, 5.41) is 5.55. The van der Waals surface area contributed by atoms with Crippen molar-refractivity contribution in [2.45, 2.75) is 30.6 Å². The lowest BCUT2D eigenvalue weighted by molar-refractivity contribution is 0.101. The summed E-state index contributed by atoms with van der Waals surface area (Å²) in [7, 11) is -0.413. The Morgan fingerprint density at radius 1 is 1.00 bits per heavy atom. The topological polar surface area (TPSA) is 97.8 Å². The van der Waals surface area contributed by atoms with Crippen molar-refractivity contribution in [2.75, 3.05) is 39.2 Å². The molecule has 0 amide bonds. The van der Waals surface area contributed by atoms with Crippen LogP contribution in [0.3, 0.4) is 0 Å². The first kappa shape index (κ1) is 25.2. The molecule has 1 aliphatic rings. The van der Waals surface area contributed by atoms with E-state index in [1.165, 1.54) is 18.4 Å². The SMILES string of the molecule is COc1ccc(C(=O)CNc2nc(-c3ccc(S(=O)(=O)N4CCCCCC4)cc3)cs2)cc1OC. The summed E-state index contributed by atoms with van der Waals surface area (Å²) in [4.78, 5) is 17.5. The van der Waals surface area contributed by atoms with Gasteiger partial charge in [-0.25, -0.2) is 13.4 Å². The number of nitrogens with zero attached hydrogens (tertiary/aromatic N) is 2. The zero-order valence-electron chi connectivity index (χ0n) is 19.8. The molecule has 0 saturated carbocycles. The first-order valence-electron chi connectivity index (χ1n) is 11.5. The minimum atomic E-state index is -3.48. The second kappa shape index (κ2) is 11.2. The van der Waals surface area contributed by atoms with Gasteiger partial charge in [-0.15, -0.1) is 11.3 Å². The number of anilines is 1. The summed E-state index contributed by atoms with van der Waals surface area (Å²) in [6, 6.07) is 11.9. The Morgan fingerprint density at radius 3 is 2.34 bits per heavy atom. The van der Waals surface area contributed by atoms with E-state index < -0.39 is 10.0 Å². The molecule has 1 saturated heterocycles. The number of methoxy groups -OCH3 is 2. The molecule has 2 aromatic carbocycles. The maximum atomic E-state index is 13.0. The standard InChI is InChI=1S/C25H29N3O5S2/c1-32-23-12-9-19(15-24(23)33-2)22(29)16-26-25-27-21(17-34-25)18-7-10-20(11-8-18)35(30,31)28-13-5-3-4-6-14-28/h7-12,15,17H,3-6,13-14,16H2,1-2H3,(H,26,27). The number of nitrogens with one attached hydrogen (secondary N) is 1. The van der Waals surface area contributed by atoms with Crippen LogP contribution in [0.2, 0.25) is 0 Å². The van der Waals surface area contributed by atoms with Gasteiger partial charge in [0.05, 0.1) is 31.4 Å². The summed E-state index contributed by atoms with van der Waals surface area (Å²) >= 11 is 1.38. The average molecular weight is 516 g/mol. The molecule has 0 aliphatic carbocycles. The van der Waals surface area contributed by atoms with Gasteiger partial charge in [0, 0.05) is 29.6 Å². The van der Waals surface area contributed by atoms with Gasteiger partial charge in [0.1, 0.15) is 0 Å². The molecule has 0 spiro atoms. The minimum Gasteiger partial charge on any atom is -0.493 e. The Labute approximate surface area is 210 Å². The van der Waals surface area contributed by atoms with Crippen LogP contribution in [0.15, 0.2) is 52.7 Å². The highest BCUT2D eigenvalue weighted by atomic mass is 32.2. The molecule has 0 atom stereocenters. The molecule has 1 N–H and O–H groups in total. The van der Waals surface area contributed by atoms with Crippen LogP contribution in [0, 0.1) is 0 Å². The third-order valence-corrected chi connectivity index (χ3v) is 8.68. The predicted octanol–water partition coefficient (Wildman–Crippen LogP) is 4.69. The summed E-state index contributed by atoms with van der Waals surface area (Å²) in [5.41, 5.74) is 2.04. The summed E-state index contributed by atoms with van der Waals surface area (Å²) in [6.07, 6.45) is 3.96.